The van der Waals surface area contributed by atoms with Crippen molar-refractivity contribution >= 4 is 32.2 Å². The molecule has 3 heterocycles. The Morgan fingerprint density at radius 3 is 2.44 bits per heavy atom. The second-order valence-electron chi connectivity index (χ2n) is 9.09. The first-order valence-corrected chi connectivity index (χ1v) is 13.4. The Morgan fingerprint density at radius 2 is 1.82 bits per heavy atom. The lowest BCUT2D eigenvalue weighted by Gasteiger charge is -2.36. The van der Waals surface area contributed by atoms with Crippen LogP contribution in [-0.2, 0) is 16.9 Å². The number of sulfone groups is 1. The van der Waals surface area contributed by atoms with Crippen molar-refractivity contribution in [2.45, 2.75) is 31.7 Å². The highest BCUT2D eigenvalue weighted by atomic mass is 32.2. The minimum atomic E-state index is -3.41. The highest BCUT2D eigenvalue weighted by Crippen LogP contribution is 2.33. The summed E-state index contributed by atoms with van der Waals surface area (Å²) in [5.74, 6) is 0.474. The van der Waals surface area contributed by atoms with Crippen LogP contribution >= 0.6 is 0 Å². The summed E-state index contributed by atoms with van der Waals surface area (Å²) in [5, 5.41) is 3.71. The van der Waals surface area contributed by atoms with Crippen LogP contribution in [0.3, 0.4) is 0 Å². The Balaban J connectivity index is 1.87. The maximum Gasteiger partial charge on any atom is 0.264 e. The number of fused-ring (bicyclic) bond motifs is 1. The second-order valence-corrected chi connectivity index (χ2v) is 11.1. The van der Waals surface area contributed by atoms with E-state index in [0.717, 1.165) is 38.3 Å². The predicted molar refractivity (Wildman–Crippen MR) is 136 cm³/mol. The number of aromatic nitrogens is 3. The van der Waals surface area contributed by atoms with Crippen molar-refractivity contribution in [1.29, 1.82) is 0 Å². The van der Waals surface area contributed by atoms with Crippen molar-refractivity contribution in [3.8, 4) is 11.3 Å². The SMILES string of the molecule is CCN1CCN(c2cc(-c3cc4ncn(C)c(=O)c4c(NC(C)C)n3)ccc2S(C)(=O)=O)CC1. The van der Waals surface area contributed by atoms with Crippen molar-refractivity contribution in [2.75, 3.05) is 49.2 Å². The molecule has 9 nitrogen and oxygen atoms in total. The van der Waals surface area contributed by atoms with Crippen molar-refractivity contribution in [2.24, 2.45) is 7.05 Å². The molecule has 1 aliphatic heterocycles. The largest absolute Gasteiger partial charge is 0.368 e. The first-order valence-electron chi connectivity index (χ1n) is 11.5. The quantitative estimate of drug-likeness (QED) is 0.569. The maximum absolute atomic E-state index is 12.8. The molecule has 0 aliphatic carbocycles. The topological polar surface area (TPSA) is 100 Å². The summed E-state index contributed by atoms with van der Waals surface area (Å²) >= 11 is 0. The molecule has 1 aliphatic rings. The number of pyridine rings is 1. The van der Waals surface area contributed by atoms with Crippen LogP contribution in [0.15, 0.2) is 40.3 Å². The third-order valence-electron chi connectivity index (χ3n) is 6.14. The average molecular weight is 485 g/mol. The van der Waals surface area contributed by atoms with E-state index in [1.165, 1.54) is 17.2 Å². The maximum atomic E-state index is 12.8. The summed E-state index contributed by atoms with van der Waals surface area (Å²) in [5.41, 5.74) is 2.46. The van der Waals surface area contributed by atoms with Gasteiger partial charge in [-0.05, 0) is 38.6 Å². The zero-order valence-corrected chi connectivity index (χ0v) is 21.2. The summed E-state index contributed by atoms with van der Waals surface area (Å²) in [6.45, 7) is 10.3. The third-order valence-corrected chi connectivity index (χ3v) is 7.29. The number of hydrogen-bond donors (Lipinski definition) is 1. The van der Waals surface area contributed by atoms with Gasteiger partial charge in [-0.2, -0.15) is 0 Å². The monoisotopic (exact) mass is 484 g/mol. The number of aryl methyl sites for hydroxylation is 1. The van der Waals surface area contributed by atoms with Crippen LogP contribution in [0.2, 0.25) is 0 Å². The van der Waals surface area contributed by atoms with Gasteiger partial charge in [0.2, 0.25) is 0 Å². The van der Waals surface area contributed by atoms with Crippen LogP contribution in [-0.4, -0.2) is 72.9 Å². The van der Waals surface area contributed by atoms with E-state index in [-0.39, 0.29) is 11.6 Å². The summed E-state index contributed by atoms with van der Waals surface area (Å²) in [6.07, 6.45) is 2.74. The van der Waals surface area contributed by atoms with Gasteiger partial charge in [0.1, 0.15) is 11.2 Å². The molecular weight excluding hydrogens is 452 g/mol. The standard InChI is InChI=1S/C24H32N6O3S/c1-6-29-9-11-30(12-10-29)20-13-17(7-8-21(20)34(5,32)33)18-14-19-22(23(27-18)26-16(2)3)24(31)28(4)15-25-19/h7-8,13-16H,6,9-12H2,1-5H3,(H,26,27). The molecule has 1 aromatic carbocycles. The van der Waals surface area contributed by atoms with E-state index in [1.807, 2.05) is 19.9 Å². The molecule has 0 unspecified atom stereocenters. The number of piperazine rings is 1. The fourth-order valence-electron chi connectivity index (χ4n) is 4.29. The first-order chi connectivity index (χ1) is 16.1. The minimum Gasteiger partial charge on any atom is -0.368 e. The molecule has 34 heavy (non-hydrogen) atoms. The number of anilines is 2. The van der Waals surface area contributed by atoms with Gasteiger partial charge in [0, 0.05) is 51.1 Å². The van der Waals surface area contributed by atoms with Crippen molar-refractivity contribution < 1.29 is 8.42 Å². The smallest absolute Gasteiger partial charge is 0.264 e. The zero-order valence-electron chi connectivity index (χ0n) is 20.4. The summed E-state index contributed by atoms with van der Waals surface area (Å²) in [7, 11) is -1.75. The minimum absolute atomic E-state index is 0.0638. The number of nitrogens with one attached hydrogen (secondary N) is 1. The molecule has 3 aromatic rings. The number of hydrogen-bond acceptors (Lipinski definition) is 8. The van der Waals surface area contributed by atoms with E-state index in [9.17, 15) is 13.2 Å². The normalized spacial score (nSPS) is 15.3. The van der Waals surface area contributed by atoms with Gasteiger partial charge in [-0.25, -0.2) is 18.4 Å². The molecule has 0 radical (unpaired) electrons. The summed E-state index contributed by atoms with van der Waals surface area (Å²) in [6, 6.07) is 7.18. The molecule has 0 amide bonds. The molecule has 182 valence electrons. The molecule has 0 saturated carbocycles. The molecule has 4 rings (SSSR count). The highest BCUT2D eigenvalue weighted by molar-refractivity contribution is 7.90. The lowest BCUT2D eigenvalue weighted by molar-refractivity contribution is 0.271. The van der Waals surface area contributed by atoms with Crippen LogP contribution < -0.4 is 15.8 Å². The molecular formula is C24H32N6O3S. The number of benzene rings is 1. The van der Waals surface area contributed by atoms with Gasteiger partial charge >= 0.3 is 0 Å². The van der Waals surface area contributed by atoms with Gasteiger partial charge in [-0.3, -0.25) is 4.79 Å². The average Bonchev–Trinajstić information content (AvgIpc) is 2.80. The number of likely N-dealkylation sites (N-methyl/N-ethyl adjacent to an activating group) is 1. The zero-order chi connectivity index (χ0) is 24.6. The molecule has 10 heteroatoms. The molecule has 0 atom stereocenters. The first kappa shape index (κ1) is 24.2. The van der Waals surface area contributed by atoms with Crippen LogP contribution in [0.25, 0.3) is 22.2 Å². The van der Waals surface area contributed by atoms with Gasteiger partial charge in [-0.1, -0.05) is 13.0 Å². The van der Waals surface area contributed by atoms with Gasteiger partial charge < -0.3 is 19.7 Å². The van der Waals surface area contributed by atoms with E-state index in [4.69, 9.17) is 4.98 Å². The van der Waals surface area contributed by atoms with Crippen molar-refractivity contribution in [1.82, 2.24) is 19.4 Å². The van der Waals surface area contributed by atoms with Crippen LogP contribution in [0.5, 0.6) is 0 Å². The fourth-order valence-corrected chi connectivity index (χ4v) is 5.17. The van der Waals surface area contributed by atoms with Gasteiger partial charge in [-0.15, -0.1) is 0 Å². The second kappa shape index (κ2) is 9.34. The Labute approximate surface area is 200 Å². The van der Waals surface area contributed by atoms with Crippen molar-refractivity contribution in [3.63, 3.8) is 0 Å². The van der Waals surface area contributed by atoms with Crippen LogP contribution in [0.1, 0.15) is 20.8 Å². The van der Waals surface area contributed by atoms with E-state index in [0.29, 0.717) is 33.0 Å². The lowest BCUT2D eigenvalue weighted by atomic mass is 10.1. The van der Waals surface area contributed by atoms with E-state index in [2.05, 4.69) is 27.0 Å². The van der Waals surface area contributed by atoms with Gasteiger partial charge in [0.25, 0.3) is 5.56 Å². The lowest BCUT2D eigenvalue weighted by Crippen LogP contribution is -2.46. The molecule has 1 N–H and O–H groups in total. The Hall–Kier alpha value is -2.98. The van der Waals surface area contributed by atoms with Crippen LogP contribution in [0, 0.1) is 0 Å². The Bertz CT molecular complexity index is 1380. The molecule has 0 bridgehead atoms. The van der Waals surface area contributed by atoms with Gasteiger partial charge in [0.05, 0.1) is 28.1 Å². The molecule has 1 fully saturated rings. The third kappa shape index (κ3) is 4.78. The molecule has 2 aromatic heterocycles. The van der Waals surface area contributed by atoms with Gasteiger partial charge in [0.15, 0.2) is 9.84 Å². The van der Waals surface area contributed by atoms with E-state index >= 15 is 0 Å². The predicted octanol–water partition coefficient (Wildman–Crippen LogP) is 2.36. The number of nitrogens with zero attached hydrogens (tertiary/aromatic N) is 5. The highest BCUT2D eigenvalue weighted by Gasteiger charge is 2.23. The fraction of sp³-hybridized carbons (Fsp3) is 0.458. The van der Waals surface area contributed by atoms with Crippen molar-refractivity contribution in [3.05, 3.63) is 40.9 Å². The summed E-state index contributed by atoms with van der Waals surface area (Å²) in [4.78, 5) is 26.8. The van der Waals surface area contributed by atoms with E-state index < -0.39 is 9.84 Å². The molecule has 1 saturated heterocycles. The van der Waals surface area contributed by atoms with E-state index in [1.54, 1.807) is 25.2 Å². The Morgan fingerprint density at radius 1 is 1.12 bits per heavy atom. The Kier molecular flexibility index (Phi) is 6.64. The number of rotatable bonds is 6. The van der Waals surface area contributed by atoms with Crippen LogP contribution in [0.4, 0.5) is 11.5 Å². The molecule has 0 spiro atoms. The summed E-state index contributed by atoms with van der Waals surface area (Å²) < 4.78 is 26.6.